The van der Waals surface area contributed by atoms with Crippen molar-refractivity contribution < 1.29 is 11.5 Å². The Hall–Kier alpha value is 5.10. The molecule has 0 aliphatic rings. The van der Waals surface area contributed by atoms with Crippen molar-refractivity contribution in [2.45, 2.75) is 0 Å². The van der Waals surface area contributed by atoms with Crippen molar-refractivity contribution in [3.63, 3.8) is 0 Å². The van der Waals surface area contributed by atoms with E-state index in [4.69, 9.17) is 38.1 Å². The molecule has 0 amide bonds. The van der Waals surface area contributed by atoms with Crippen LogP contribution in [0.1, 0.15) is 0 Å². The van der Waals surface area contributed by atoms with Gasteiger partial charge in [0.25, 0.3) is 0 Å². The molecule has 0 aromatic rings. The zero-order chi connectivity index (χ0) is 4.50. The third kappa shape index (κ3) is 35.4. The van der Waals surface area contributed by atoms with E-state index in [0.717, 1.165) is 0 Å². The minimum absolute atomic E-state index is 0. The normalized spacial score (nSPS) is 10.9. The minimum atomic E-state index is -2.81. The van der Waals surface area contributed by atoms with Gasteiger partial charge in [0, 0.05) is 103 Å². The van der Waals surface area contributed by atoms with E-state index >= 15 is 0 Å². The van der Waals surface area contributed by atoms with Gasteiger partial charge in [0.05, 0.1) is 0 Å². The molecular weight excluding hydrogens is 326 g/mol. The average Bonchev–Trinajstić information content (AvgIpc) is 0.722. The molecule has 0 spiro atoms. The summed E-state index contributed by atoms with van der Waals surface area (Å²) in [5.41, 5.74) is 0. The average molecular weight is 326 g/mol. The molecule has 0 unspecified atom stereocenters. The second-order valence-corrected chi connectivity index (χ2v) is 14.4. The van der Waals surface area contributed by atoms with Crippen molar-refractivity contribution in [1.82, 2.24) is 0 Å². The van der Waals surface area contributed by atoms with Gasteiger partial charge >= 0.3 is 49.6 Å². The maximum absolute atomic E-state index is 4.98. The molecule has 0 aliphatic carbocycles. The Balaban J connectivity index is -0.0000000800. The van der Waals surface area contributed by atoms with E-state index in [-0.39, 0.29) is 103 Å². The fourth-order valence-electron chi connectivity index (χ4n) is 0. The molecule has 0 aromatic carbocycles. The van der Waals surface area contributed by atoms with Crippen LogP contribution in [-0.4, -0.2) is 103 Å². The Kier molecular flexibility index (Phi) is 23.6. The zero-order valence-corrected chi connectivity index (χ0v) is 14.7. The second-order valence-electron chi connectivity index (χ2n) is 0.271. The van der Waals surface area contributed by atoms with E-state index in [1.807, 2.05) is 0 Å². The molecular formula is Cl4K2Pd. The van der Waals surface area contributed by atoms with Gasteiger partial charge in [0.15, 0.2) is 0 Å². The maximum atomic E-state index is 4.98. The Morgan fingerprint density at radius 3 is 0.714 bits per heavy atom. The van der Waals surface area contributed by atoms with Crippen LogP contribution in [0, 0.1) is 0 Å². The molecule has 7 heavy (non-hydrogen) atoms. The summed E-state index contributed by atoms with van der Waals surface area (Å²) in [7, 11) is 19.9. The molecule has 40 valence electrons. The van der Waals surface area contributed by atoms with Crippen LogP contribution in [0.15, 0.2) is 0 Å². The summed E-state index contributed by atoms with van der Waals surface area (Å²) in [4.78, 5) is 0. The van der Waals surface area contributed by atoms with E-state index in [2.05, 4.69) is 0 Å². The van der Waals surface area contributed by atoms with Crippen LogP contribution >= 0.6 is 38.1 Å². The number of hydrogen-bond donors (Lipinski definition) is 0. The molecule has 0 nitrogen and oxygen atoms in total. The van der Waals surface area contributed by atoms with Crippen LogP contribution in [0.25, 0.3) is 0 Å². The molecule has 2 radical (unpaired) electrons. The Morgan fingerprint density at radius 2 is 0.714 bits per heavy atom. The quantitative estimate of drug-likeness (QED) is 0.597. The first kappa shape index (κ1) is 18.0. The summed E-state index contributed by atoms with van der Waals surface area (Å²) < 4.78 is 0. The number of halogens is 4. The van der Waals surface area contributed by atoms with Crippen molar-refractivity contribution in [1.29, 1.82) is 0 Å². The molecule has 0 saturated heterocycles. The topological polar surface area (TPSA) is 0 Å². The Bertz CT molecular complexity index is 25.2. The molecule has 0 atom stereocenters. The standard InChI is InChI=1S/4ClH.2K.Pd/h4*1H;;;/q;;;;;;+4/p-4. The van der Waals surface area contributed by atoms with Crippen LogP contribution in [0.2, 0.25) is 0 Å². The van der Waals surface area contributed by atoms with Gasteiger partial charge in [-0.05, 0) is 0 Å². The minimum Gasteiger partial charge on any atom is 0 e. The van der Waals surface area contributed by atoms with Crippen molar-refractivity contribution in [2.24, 2.45) is 0 Å². The largest absolute Gasteiger partial charge is 0 e. The summed E-state index contributed by atoms with van der Waals surface area (Å²) >= 11 is -2.81. The van der Waals surface area contributed by atoms with Crippen LogP contribution in [0.4, 0.5) is 0 Å². The monoisotopic (exact) mass is 324 g/mol. The third-order valence-electron chi connectivity index (χ3n) is 0. The molecule has 0 aliphatic heterocycles. The third-order valence-corrected chi connectivity index (χ3v) is 0. The van der Waals surface area contributed by atoms with Crippen LogP contribution in [-0.2, 0) is 11.5 Å². The van der Waals surface area contributed by atoms with Crippen LogP contribution in [0.5, 0.6) is 0 Å². The molecule has 0 N–H and O–H groups in total. The first-order chi connectivity index (χ1) is 2.00. The fraction of sp³-hybridized carbons (Fsp3) is 0. The van der Waals surface area contributed by atoms with Crippen molar-refractivity contribution in [3.05, 3.63) is 0 Å². The molecule has 0 saturated carbocycles. The smallest absolute Gasteiger partial charge is 0 e. The number of rotatable bonds is 0. The van der Waals surface area contributed by atoms with Gasteiger partial charge in [-0.3, -0.25) is 0 Å². The molecule has 0 rings (SSSR count). The van der Waals surface area contributed by atoms with E-state index in [9.17, 15) is 0 Å². The van der Waals surface area contributed by atoms with Crippen molar-refractivity contribution in [3.8, 4) is 0 Å². The van der Waals surface area contributed by atoms with E-state index < -0.39 is 11.5 Å². The van der Waals surface area contributed by atoms with Crippen molar-refractivity contribution >= 4 is 141 Å². The van der Waals surface area contributed by atoms with Gasteiger partial charge in [0.1, 0.15) is 0 Å². The predicted molar refractivity (Wildman–Crippen MR) is 34.9 cm³/mol. The van der Waals surface area contributed by atoms with Crippen LogP contribution < -0.4 is 0 Å². The maximum Gasteiger partial charge on any atom is 0 e. The SMILES string of the molecule is [Cl][Pd]([Cl])([Cl])[Cl].[K].[K]. The molecule has 7 heteroatoms. The fourth-order valence-corrected chi connectivity index (χ4v) is 0. The van der Waals surface area contributed by atoms with Gasteiger partial charge in [-0.1, -0.05) is 0 Å². The number of hydrogen-bond acceptors (Lipinski definition) is 0. The first-order valence-electron chi connectivity index (χ1n) is 0.478. The zero-order valence-electron chi connectivity index (χ0n) is 3.83. The summed E-state index contributed by atoms with van der Waals surface area (Å²) in [6.45, 7) is 0. The molecule has 0 aromatic heterocycles. The predicted octanol–water partition coefficient (Wildman–Crippen LogP) is 1.99. The Labute approximate surface area is 147 Å². The van der Waals surface area contributed by atoms with Gasteiger partial charge in [-0.2, -0.15) is 0 Å². The van der Waals surface area contributed by atoms with Crippen LogP contribution in [0.3, 0.4) is 0 Å². The summed E-state index contributed by atoms with van der Waals surface area (Å²) in [5, 5.41) is 0. The second kappa shape index (κ2) is 9.19. The van der Waals surface area contributed by atoms with Gasteiger partial charge in [0.2, 0.25) is 0 Å². The van der Waals surface area contributed by atoms with Gasteiger partial charge in [-0.25, -0.2) is 0 Å². The van der Waals surface area contributed by atoms with E-state index in [1.54, 1.807) is 0 Å². The molecule has 0 fully saturated rings. The van der Waals surface area contributed by atoms with Gasteiger partial charge < -0.3 is 0 Å². The summed E-state index contributed by atoms with van der Waals surface area (Å²) in [6.07, 6.45) is 0. The molecule has 0 bridgehead atoms. The van der Waals surface area contributed by atoms with E-state index in [1.165, 1.54) is 0 Å². The Morgan fingerprint density at radius 1 is 0.714 bits per heavy atom. The molecule has 0 heterocycles. The van der Waals surface area contributed by atoms with Gasteiger partial charge in [-0.15, -0.1) is 0 Å². The van der Waals surface area contributed by atoms with Crippen molar-refractivity contribution in [2.75, 3.05) is 0 Å². The summed E-state index contributed by atoms with van der Waals surface area (Å²) in [5.74, 6) is 0. The van der Waals surface area contributed by atoms with E-state index in [0.29, 0.717) is 0 Å². The summed E-state index contributed by atoms with van der Waals surface area (Å²) in [6, 6.07) is 0. The first-order valence-corrected chi connectivity index (χ1v) is 8.49.